The summed E-state index contributed by atoms with van der Waals surface area (Å²) in [4.78, 5) is 0. The SMILES string of the molecule is NS(=O)(=O)CCCCCOc1ccccc1. The number of unbranched alkanes of at least 4 members (excludes halogenated alkanes) is 2. The highest BCUT2D eigenvalue weighted by Gasteiger charge is 2.01. The van der Waals surface area contributed by atoms with E-state index < -0.39 is 10.0 Å². The Balaban J connectivity index is 2.05. The molecular formula is C11H17NO3S. The lowest BCUT2D eigenvalue weighted by molar-refractivity contribution is 0.306. The molecule has 0 aromatic heterocycles. The van der Waals surface area contributed by atoms with E-state index in [4.69, 9.17) is 9.88 Å². The fourth-order valence-electron chi connectivity index (χ4n) is 1.29. The molecule has 0 heterocycles. The highest BCUT2D eigenvalue weighted by molar-refractivity contribution is 7.89. The minimum Gasteiger partial charge on any atom is -0.494 e. The van der Waals surface area contributed by atoms with Gasteiger partial charge in [-0.25, -0.2) is 13.6 Å². The molecule has 5 heteroatoms. The fraction of sp³-hybridized carbons (Fsp3) is 0.455. The maximum atomic E-state index is 10.6. The number of ether oxygens (including phenoxy) is 1. The van der Waals surface area contributed by atoms with Crippen molar-refractivity contribution in [3.05, 3.63) is 30.3 Å². The van der Waals surface area contributed by atoms with Crippen LogP contribution in [0, 0.1) is 0 Å². The summed E-state index contributed by atoms with van der Waals surface area (Å²) < 4.78 is 26.7. The average Bonchev–Trinajstić information content (AvgIpc) is 2.23. The van der Waals surface area contributed by atoms with Crippen LogP contribution >= 0.6 is 0 Å². The van der Waals surface area contributed by atoms with Crippen LogP contribution in [0.15, 0.2) is 30.3 Å². The molecule has 0 saturated carbocycles. The molecule has 0 aliphatic rings. The molecule has 16 heavy (non-hydrogen) atoms. The van der Waals surface area contributed by atoms with Crippen molar-refractivity contribution in [2.45, 2.75) is 19.3 Å². The molecule has 1 aromatic rings. The smallest absolute Gasteiger partial charge is 0.209 e. The Morgan fingerprint density at radius 1 is 1.06 bits per heavy atom. The summed E-state index contributed by atoms with van der Waals surface area (Å²) in [6.07, 6.45) is 2.24. The number of nitrogens with two attached hydrogens (primary N) is 1. The molecule has 1 rings (SSSR count). The lowest BCUT2D eigenvalue weighted by Crippen LogP contribution is -2.16. The van der Waals surface area contributed by atoms with Crippen molar-refractivity contribution in [1.29, 1.82) is 0 Å². The summed E-state index contributed by atoms with van der Waals surface area (Å²) in [5.74, 6) is 0.896. The van der Waals surface area contributed by atoms with Crippen LogP contribution in [-0.2, 0) is 10.0 Å². The number of sulfonamides is 1. The molecule has 0 spiro atoms. The number of rotatable bonds is 7. The second kappa shape index (κ2) is 6.50. The zero-order chi connectivity index (χ0) is 11.9. The van der Waals surface area contributed by atoms with Gasteiger partial charge < -0.3 is 4.74 Å². The highest BCUT2D eigenvalue weighted by Crippen LogP contribution is 2.09. The Bertz CT molecular complexity index is 389. The summed E-state index contributed by atoms with van der Waals surface area (Å²) in [5, 5.41) is 4.88. The first kappa shape index (κ1) is 13.0. The van der Waals surface area contributed by atoms with Crippen molar-refractivity contribution >= 4 is 10.0 Å². The molecule has 0 amide bonds. The van der Waals surface area contributed by atoms with Crippen molar-refractivity contribution in [2.75, 3.05) is 12.4 Å². The number of hydrogen-bond acceptors (Lipinski definition) is 3. The van der Waals surface area contributed by atoms with E-state index in [0.717, 1.165) is 18.6 Å². The molecule has 0 saturated heterocycles. The standard InChI is InChI=1S/C11H17NO3S/c12-16(13,14)10-6-2-5-9-15-11-7-3-1-4-8-11/h1,3-4,7-8H,2,5-6,9-10H2,(H2,12,13,14). The summed E-state index contributed by atoms with van der Waals surface area (Å²) in [6.45, 7) is 0.606. The zero-order valence-electron chi connectivity index (χ0n) is 9.13. The van der Waals surface area contributed by atoms with Crippen LogP contribution in [-0.4, -0.2) is 20.8 Å². The summed E-state index contributed by atoms with van der Waals surface area (Å²) >= 11 is 0. The zero-order valence-corrected chi connectivity index (χ0v) is 9.95. The molecule has 0 atom stereocenters. The van der Waals surface area contributed by atoms with Gasteiger partial charge in [0.1, 0.15) is 5.75 Å². The first-order valence-electron chi connectivity index (χ1n) is 5.26. The van der Waals surface area contributed by atoms with Crippen molar-refractivity contribution < 1.29 is 13.2 Å². The van der Waals surface area contributed by atoms with E-state index in [9.17, 15) is 8.42 Å². The second-order valence-electron chi connectivity index (χ2n) is 3.59. The van der Waals surface area contributed by atoms with Gasteiger partial charge in [-0.05, 0) is 31.4 Å². The van der Waals surface area contributed by atoms with Crippen molar-refractivity contribution in [1.82, 2.24) is 0 Å². The minimum absolute atomic E-state index is 0.0539. The van der Waals surface area contributed by atoms with E-state index in [1.54, 1.807) is 0 Å². The molecule has 0 unspecified atom stereocenters. The van der Waals surface area contributed by atoms with Gasteiger partial charge >= 0.3 is 0 Å². The van der Waals surface area contributed by atoms with Gasteiger partial charge in [0, 0.05) is 0 Å². The number of benzene rings is 1. The van der Waals surface area contributed by atoms with E-state index in [0.29, 0.717) is 13.0 Å². The third kappa shape index (κ3) is 6.42. The van der Waals surface area contributed by atoms with E-state index in [1.165, 1.54) is 0 Å². The van der Waals surface area contributed by atoms with Gasteiger partial charge in [-0.15, -0.1) is 0 Å². The van der Waals surface area contributed by atoms with Gasteiger partial charge in [0.15, 0.2) is 0 Å². The van der Waals surface area contributed by atoms with Crippen LogP contribution in [0.3, 0.4) is 0 Å². The van der Waals surface area contributed by atoms with Gasteiger partial charge in [-0.3, -0.25) is 0 Å². The monoisotopic (exact) mass is 243 g/mol. The van der Waals surface area contributed by atoms with Crippen LogP contribution in [0.2, 0.25) is 0 Å². The normalized spacial score (nSPS) is 11.3. The van der Waals surface area contributed by atoms with E-state index in [1.807, 2.05) is 30.3 Å². The molecule has 4 nitrogen and oxygen atoms in total. The van der Waals surface area contributed by atoms with Crippen LogP contribution in [0.5, 0.6) is 5.75 Å². The van der Waals surface area contributed by atoms with Gasteiger partial charge in [0.25, 0.3) is 0 Å². The molecule has 2 N–H and O–H groups in total. The Labute approximate surface area is 96.5 Å². The number of primary sulfonamides is 1. The molecule has 0 fully saturated rings. The molecular weight excluding hydrogens is 226 g/mol. The largest absolute Gasteiger partial charge is 0.494 e. The van der Waals surface area contributed by atoms with Gasteiger partial charge in [0.05, 0.1) is 12.4 Å². The number of para-hydroxylation sites is 1. The average molecular weight is 243 g/mol. The number of hydrogen-bond donors (Lipinski definition) is 1. The summed E-state index contributed by atoms with van der Waals surface area (Å²) in [7, 11) is -3.30. The van der Waals surface area contributed by atoms with Gasteiger partial charge in [0.2, 0.25) is 10.0 Å². The van der Waals surface area contributed by atoms with Gasteiger partial charge in [-0.1, -0.05) is 18.2 Å². The van der Waals surface area contributed by atoms with Crippen molar-refractivity contribution in [3.8, 4) is 5.75 Å². The Morgan fingerprint density at radius 2 is 1.75 bits per heavy atom. The molecule has 0 aliphatic heterocycles. The third-order valence-electron chi connectivity index (χ3n) is 2.09. The molecule has 0 radical (unpaired) electrons. The lowest BCUT2D eigenvalue weighted by Gasteiger charge is -2.05. The predicted octanol–water partition coefficient (Wildman–Crippen LogP) is 1.52. The van der Waals surface area contributed by atoms with Crippen molar-refractivity contribution in [2.24, 2.45) is 5.14 Å². The Kier molecular flexibility index (Phi) is 5.28. The Hall–Kier alpha value is -1.07. The Morgan fingerprint density at radius 3 is 2.38 bits per heavy atom. The third-order valence-corrected chi connectivity index (χ3v) is 2.94. The highest BCUT2D eigenvalue weighted by atomic mass is 32.2. The molecule has 0 bridgehead atoms. The van der Waals surface area contributed by atoms with Crippen LogP contribution < -0.4 is 9.88 Å². The summed E-state index contributed by atoms with van der Waals surface area (Å²) in [6, 6.07) is 9.54. The van der Waals surface area contributed by atoms with Crippen LogP contribution in [0.4, 0.5) is 0 Å². The maximum Gasteiger partial charge on any atom is 0.209 e. The predicted molar refractivity (Wildman–Crippen MR) is 63.8 cm³/mol. The first-order valence-corrected chi connectivity index (χ1v) is 6.98. The van der Waals surface area contributed by atoms with E-state index >= 15 is 0 Å². The molecule has 1 aromatic carbocycles. The van der Waals surface area contributed by atoms with E-state index in [2.05, 4.69) is 0 Å². The van der Waals surface area contributed by atoms with Crippen LogP contribution in [0.1, 0.15) is 19.3 Å². The topological polar surface area (TPSA) is 69.4 Å². The summed E-state index contributed by atoms with van der Waals surface area (Å²) in [5.41, 5.74) is 0. The minimum atomic E-state index is -3.30. The molecule has 90 valence electrons. The maximum absolute atomic E-state index is 10.6. The van der Waals surface area contributed by atoms with Crippen LogP contribution in [0.25, 0.3) is 0 Å². The van der Waals surface area contributed by atoms with Gasteiger partial charge in [-0.2, -0.15) is 0 Å². The second-order valence-corrected chi connectivity index (χ2v) is 5.32. The molecule has 0 aliphatic carbocycles. The lowest BCUT2D eigenvalue weighted by atomic mass is 10.3. The fourth-order valence-corrected chi connectivity index (χ4v) is 1.90. The van der Waals surface area contributed by atoms with E-state index in [-0.39, 0.29) is 5.75 Å². The first-order chi connectivity index (χ1) is 7.58. The van der Waals surface area contributed by atoms with Crippen molar-refractivity contribution in [3.63, 3.8) is 0 Å². The quantitative estimate of drug-likeness (QED) is 0.738.